The van der Waals surface area contributed by atoms with Crippen LogP contribution in [0.15, 0.2) is 12.2 Å². The molecule has 3 atom stereocenters. The lowest BCUT2D eigenvalue weighted by atomic mass is 9.95. The number of aliphatic hydroxyl groups is 1. The van der Waals surface area contributed by atoms with E-state index in [0.717, 1.165) is 19.3 Å². The summed E-state index contributed by atoms with van der Waals surface area (Å²) in [6, 6.07) is -0.526. The number of aliphatic carboxylic acids is 2. The fraction of sp³-hybridized carbons (Fsp3) is 0.667. The lowest BCUT2D eigenvalue weighted by molar-refractivity contribution is -0.134. The van der Waals surface area contributed by atoms with E-state index in [1.807, 2.05) is 13.8 Å². The number of amides is 1. The van der Waals surface area contributed by atoms with Crippen molar-refractivity contribution in [1.29, 1.82) is 0 Å². The van der Waals surface area contributed by atoms with Gasteiger partial charge in [-0.3, -0.25) is 4.79 Å². The minimum atomic E-state index is -1.26. The molecule has 0 aromatic rings. The quantitative estimate of drug-likeness (QED) is 0.504. The minimum absolute atomic E-state index is 0.0223. The van der Waals surface area contributed by atoms with Crippen LogP contribution in [0.3, 0.4) is 0 Å². The van der Waals surface area contributed by atoms with Crippen molar-refractivity contribution in [3.63, 3.8) is 0 Å². The topological polar surface area (TPSA) is 141 Å². The second-order valence-corrected chi connectivity index (χ2v) is 5.21. The molecular weight excluding hydrogens is 304 g/mol. The summed E-state index contributed by atoms with van der Waals surface area (Å²) in [6.45, 7) is 5.26. The fourth-order valence-corrected chi connectivity index (χ4v) is 2.46. The molecule has 0 bridgehead atoms. The van der Waals surface area contributed by atoms with Crippen LogP contribution < -0.4 is 5.73 Å². The van der Waals surface area contributed by atoms with E-state index in [1.165, 1.54) is 0 Å². The highest BCUT2D eigenvalue weighted by atomic mass is 16.4. The number of hydrogen-bond donors (Lipinski definition) is 4. The van der Waals surface area contributed by atoms with E-state index in [0.29, 0.717) is 25.2 Å². The van der Waals surface area contributed by atoms with Gasteiger partial charge in [-0.05, 0) is 26.7 Å². The molecule has 8 nitrogen and oxygen atoms in total. The van der Waals surface area contributed by atoms with Crippen LogP contribution >= 0.6 is 0 Å². The summed E-state index contributed by atoms with van der Waals surface area (Å²) in [7, 11) is 0. The van der Waals surface area contributed by atoms with E-state index < -0.39 is 18.0 Å². The van der Waals surface area contributed by atoms with Crippen LogP contribution in [0.2, 0.25) is 0 Å². The molecule has 1 rings (SSSR count). The normalized spacial score (nSPS) is 21.4. The number of carbonyl (C=O) groups excluding carboxylic acids is 1. The first kappa shape index (κ1) is 21.1. The summed E-state index contributed by atoms with van der Waals surface area (Å²) in [5.41, 5.74) is 5.91. The van der Waals surface area contributed by atoms with Gasteiger partial charge in [0.05, 0.1) is 12.1 Å². The Bertz CT molecular complexity index is 418. The van der Waals surface area contributed by atoms with Crippen LogP contribution in [-0.4, -0.2) is 63.3 Å². The van der Waals surface area contributed by atoms with Gasteiger partial charge >= 0.3 is 11.9 Å². The van der Waals surface area contributed by atoms with Crippen LogP contribution in [-0.2, 0) is 14.4 Å². The zero-order chi connectivity index (χ0) is 18.0. The molecule has 0 aromatic heterocycles. The number of carboxylic acid groups (broad SMARTS) is 2. The van der Waals surface area contributed by atoms with Crippen molar-refractivity contribution in [3.8, 4) is 0 Å². The average Bonchev–Trinajstić information content (AvgIpc) is 2.92. The van der Waals surface area contributed by atoms with Crippen molar-refractivity contribution in [2.75, 3.05) is 13.1 Å². The molecule has 0 radical (unpaired) electrons. The smallest absolute Gasteiger partial charge is 0.328 e. The summed E-state index contributed by atoms with van der Waals surface area (Å²) >= 11 is 0. The van der Waals surface area contributed by atoms with Gasteiger partial charge in [-0.25, -0.2) is 9.59 Å². The van der Waals surface area contributed by atoms with E-state index in [2.05, 4.69) is 0 Å². The number of nitrogens with zero attached hydrogens (tertiary/aromatic N) is 1. The van der Waals surface area contributed by atoms with E-state index in [9.17, 15) is 19.5 Å². The molecule has 0 unspecified atom stereocenters. The van der Waals surface area contributed by atoms with Crippen molar-refractivity contribution in [2.45, 2.75) is 45.3 Å². The van der Waals surface area contributed by atoms with Crippen molar-refractivity contribution in [3.05, 3.63) is 12.2 Å². The molecule has 1 amide bonds. The van der Waals surface area contributed by atoms with E-state index >= 15 is 0 Å². The van der Waals surface area contributed by atoms with Gasteiger partial charge < -0.3 is 26.0 Å². The Morgan fingerprint density at radius 1 is 1.13 bits per heavy atom. The number of carbonyl (C=O) groups is 3. The first-order chi connectivity index (χ1) is 10.7. The minimum Gasteiger partial charge on any atom is -0.478 e. The molecule has 1 fully saturated rings. The monoisotopic (exact) mass is 330 g/mol. The molecule has 132 valence electrons. The zero-order valence-electron chi connectivity index (χ0n) is 13.5. The standard InChI is InChI=1S/C11H22N2O2.C4H4O4/c1-3-13(4-2)11(15)10(12)8-6-5-7-9(8)14;5-3(6)1-2-4(7)8/h8-10,14H,3-7,12H2,1-2H3;1-2H,(H,5,6)(H,7,8)/b;2-1+/t8-,9-,10+;/m1./s1. The summed E-state index contributed by atoms with van der Waals surface area (Å²) in [6.07, 6.45) is 3.36. The highest BCUT2D eigenvalue weighted by Gasteiger charge is 2.35. The first-order valence-electron chi connectivity index (χ1n) is 7.60. The molecule has 0 heterocycles. The molecular formula is C15H26N2O6. The van der Waals surface area contributed by atoms with Crippen molar-refractivity contribution >= 4 is 17.8 Å². The van der Waals surface area contributed by atoms with Gasteiger partial charge in [0.2, 0.25) is 5.91 Å². The van der Waals surface area contributed by atoms with Gasteiger partial charge in [0.1, 0.15) is 0 Å². The van der Waals surface area contributed by atoms with Gasteiger partial charge in [0.15, 0.2) is 0 Å². The summed E-state index contributed by atoms with van der Waals surface area (Å²) in [5, 5.41) is 25.3. The van der Waals surface area contributed by atoms with E-state index in [4.69, 9.17) is 15.9 Å². The summed E-state index contributed by atoms with van der Waals surface area (Å²) in [5.74, 6) is -2.58. The highest BCUT2D eigenvalue weighted by molar-refractivity contribution is 5.89. The largest absolute Gasteiger partial charge is 0.478 e. The zero-order valence-corrected chi connectivity index (χ0v) is 13.5. The number of carboxylic acids is 2. The SMILES string of the molecule is CCN(CC)C(=O)[C@@H](N)[C@@H]1CCC[C@H]1O.O=C(O)/C=C/C(=O)O. The van der Waals surface area contributed by atoms with Crippen molar-refractivity contribution in [2.24, 2.45) is 11.7 Å². The Balaban J connectivity index is 0.000000515. The highest BCUT2D eigenvalue weighted by Crippen LogP contribution is 2.28. The second-order valence-electron chi connectivity index (χ2n) is 5.21. The number of hydrogen-bond acceptors (Lipinski definition) is 5. The Labute approximate surface area is 135 Å². The van der Waals surface area contributed by atoms with Crippen molar-refractivity contribution < 1.29 is 29.7 Å². The molecule has 1 saturated carbocycles. The molecule has 0 spiro atoms. The molecule has 1 aliphatic carbocycles. The van der Waals surface area contributed by atoms with Crippen LogP contribution in [0.1, 0.15) is 33.1 Å². The fourth-order valence-electron chi connectivity index (χ4n) is 2.46. The molecule has 0 aromatic carbocycles. The lowest BCUT2D eigenvalue weighted by Crippen LogP contribution is -2.49. The molecule has 23 heavy (non-hydrogen) atoms. The molecule has 0 saturated heterocycles. The van der Waals surface area contributed by atoms with E-state index in [-0.39, 0.29) is 17.9 Å². The summed E-state index contributed by atoms with van der Waals surface area (Å²) in [4.78, 5) is 32.8. The maximum absolute atomic E-state index is 11.9. The Morgan fingerprint density at radius 3 is 1.91 bits per heavy atom. The van der Waals surface area contributed by atoms with Crippen LogP contribution in [0.25, 0.3) is 0 Å². The Kier molecular flexibility index (Phi) is 9.84. The van der Waals surface area contributed by atoms with Crippen LogP contribution in [0.5, 0.6) is 0 Å². The van der Waals surface area contributed by atoms with Gasteiger partial charge in [-0.1, -0.05) is 6.42 Å². The predicted molar refractivity (Wildman–Crippen MR) is 83.7 cm³/mol. The number of nitrogens with two attached hydrogens (primary N) is 1. The van der Waals surface area contributed by atoms with Gasteiger partial charge in [0, 0.05) is 31.2 Å². The maximum Gasteiger partial charge on any atom is 0.328 e. The molecule has 5 N–H and O–H groups in total. The number of aliphatic hydroxyl groups excluding tert-OH is 1. The third-order valence-electron chi connectivity index (χ3n) is 3.72. The number of rotatable bonds is 6. The first-order valence-corrected chi connectivity index (χ1v) is 7.60. The third kappa shape index (κ3) is 7.75. The Hall–Kier alpha value is -1.93. The van der Waals surface area contributed by atoms with Gasteiger partial charge in [0.25, 0.3) is 0 Å². The van der Waals surface area contributed by atoms with Gasteiger partial charge in [-0.2, -0.15) is 0 Å². The maximum atomic E-state index is 11.9. The third-order valence-corrected chi connectivity index (χ3v) is 3.72. The molecule has 0 aliphatic heterocycles. The number of likely N-dealkylation sites (N-methyl/N-ethyl adjacent to an activating group) is 1. The van der Waals surface area contributed by atoms with E-state index in [1.54, 1.807) is 4.90 Å². The summed E-state index contributed by atoms with van der Waals surface area (Å²) < 4.78 is 0. The van der Waals surface area contributed by atoms with Crippen LogP contribution in [0.4, 0.5) is 0 Å². The van der Waals surface area contributed by atoms with Gasteiger partial charge in [-0.15, -0.1) is 0 Å². The van der Waals surface area contributed by atoms with Crippen LogP contribution in [0, 0.1) is 5.92 Å². The average molecular weight is 330 g/mol. The second kappa shape index (κ2) is 10.7. The predicted octanol–water partition coefficient (Wildman–Crippen LogP) is 0.0549. The Morgan fingerprint density at radius 2 is 1.61 bits per heavy atom. The van der Waals surface area contributed by atoms with Crippen molar-refractivity contribution in [1.82, 2.24) is 4.90 Å². The molecule has 1 aliphatic rings. The lowest BCUT2D eigenvalue weighted by Gasteiger charge is -2.27. The molecule has 8 heteroatoms.